The Morgan fingerprint density at radius 3 is 2.29 bits per heavy atom. The van der Waals surface area contributed by atoms with E-state index >= 15 is 0 Å². The van der Waals surface area contributed by atoms with E-state index in [0.29, 0.717) is 39.0 Å². The Morgan fingerprint density at radius 2 is 1.60 bits per heavy atom. The zero-order chi connectivity index (χ0) is 25.0. The molecule has 0 spiro atoms. The highest BCUT2D eigenvalue weighted by molar-refractivity contribution is 5.88. The van der Waals surface area contributed by atoms with Crippen molar-refractivity contribution in [3.8, 4) is 5.75 Å². The maximum atomic E-state index is 13.5. The Morgan fingerprint density at radius 1 is 0.886 bits per heavy atom. The minimum atomic E-state index is -0.594. The van der Waals surface area contributed by atoms with Gasteiger partial charge in [-0.1, -0.05) is 77.9 Å². The number of aryl methyl sites for hydroxylation is 2. The fourth-order valence-electron chi connectivity index (χ4n) is 4.04. The van der Waals surface area contributed by atoms with Crippen molar-refractivity contribution in [1.29, 1.82) is 0 Å². The summed E-state index contributed by atoms with van der Waals surface area (Å²) in [5, 5.41) is 2.93. The lowest BCUT2D eigenvalue weighted by Gasteiger charge is -2.31. The van der Waals surface area contributed by atoms with Gasteiger partial charge in [-0.25, -0.2) is 0 Å². The van der Waals surface area contributed by atoms with Crippen LogP contribution in [0.15, 0.2) is 78.9 Å². The Hall–Kier alpha value is -3.60. The second-order valence-corrected chi connectivity index (χ2v) is 8.88. The molecule has 1 atom stereocenters. The highest BCUT2D eigenvalue weighted by Crippen LogP contribution is 2.18. The van der Waals surface area contributed by atoms with E-state index < -0.39 is 6.04 Å². The minimum Gasteiger partial charge on any atom is -0.494 e. The molecule has 3 aromatic rings. The first-order valence-corrected chi connectivity index (χ1v) is 12.3. The Kier molecular flexibility index (Phi) is 9.91. The molecule has 0 bridgehead atoms. The number of rotatable bonds is 12. The van der Waals surface area contributed by atoms with Crippen LogP contribution in [-0.4, -0.2) is 35.9 Å². The van der Waals surface area contributed by atoms with E-state index in [1.54, 1.807) is 4.90 Å². The first-order chi connectivity index (χ1) is 17.0. The van der Waals surface area contributed by atoms with Crippen LogP contribution >= 0.6 is 0 Å². The molecule has 35 heavy (non-hydrogen) atoms. The van der Waals surface area contributed by atoms with E-state index in [0.717, 1.165) is 22.4 Å². The van der Waals surface area contributed by atoms with Crippen molar-refractivity contribution in [2.24, 2.45) is 0 Å². The van der Waals surface area contributed by atoms with E-state index in [1.165, 1.54) is 5.56 Å². The number of nitrogens with one attached hydrogen (secondary N) is 1. The van der Waals surface area contributed by atoms with Crippen molar-refractivity contribution in [3.05, 3.63) is 101 Å². The smallest absolute Gasteiger partial charge is 0.243 e. The quantitative estimate of drug-likeness (QED) is 0.367. The number of carbonyl (C=O) groups excluding carboxylic acids is 2. The lowest BCUT2D eigenvalue weighted by molar-refractivity contribution is -0.141. The van der Waals surface area contributed by atoms with Gasteiger partial charge in [-0.2, -0.15) is 0 Å². The summed E-state index contributed by atoms with van der Waals surface area (Å²) in [6.45, 7) is 7.30. The van der Waals surface area contributed by atoms with Crippen LogP contribution < -0.4 is 10.1 Å². The average Bonchev–Trinajstić information content (AvgIpc) is 2.86. The van der Waals surface area contributed by atoms with Crippen LogP contribution in [0, 0.1) is 13.8 Å². The van der Waals surface area contributed by atoms with E-state index in [9.17, 15) is 9.59 Å². The summed E-state index contributed by atoms with van der Waals surface area (Å²) in [6, 6.07) is 25.2. The third kappa shape index (κ3) is 8.29. The van der Waals surface area contributed by atoms with Crippen LogP contribution in [0.3, 0.4) is 0 Å². The van der Waals surface area contributed by atoms with Crippen molar-refractivity contribution >= 4 is 11.8 Å². The van der Waals surface area contributed by atoms with Crippen molar-refractivity contribution in [2.45, 2.75) is 52.6 Å². The molecule has 3 aromatic carbocycles. The van der Waals surface area contributed by atoms with Gasteiger partial charge in [0.15, 0.2) is 0 Å². The average molecular weight is 473 g/mol. The molecule has 5 heteroatoms. The fourth-order valence-corrected chi connectivity index (χ4v) is 4.04. The molecule has 0 saturated heterocycles. The molecule has 1 N–H and O–H groups in total. The van der Waals surface area contributed by atoms with Gasteiger partial charge < -0.3 is 15.0 Å². The standard InChI is InChI=1S/C30H36N2O3/c1-4-31-30(34)28(21-25-11-6-5-7-12-25)32(22-26-13-8-10-24(3)20-26)29(33)14-9-19-35-27-17-15-23(2)16-18-27/h5-8,10-13,15-18,20,28H,4,9,14,19,21-22H2,1-3H3,(H,31,34)/t28-/m1/s1. The largest absolute Gasteiger partial charge is 0.494 e. The normalized spacial score (nSPS) is 11.5. The maximum absolute atomic E-state index is 13.5. The van der Waals surface area contributed by atoms with Crippen LogP contribution in [-0.2, 0) is 22.6 Å². The number of ether oxygens (including phenoxy) is 1. The molecule has 0 aliphatic heterocycles. The first-order valence-electron chi connectivity index (χ1n) is 12.3. The van der Waals surface area contributed by atoms with E-state index in [1.807, 2.05) is 93.6 Å². The summed E-state index contributed by atoms with van der Waals surface area (Å²) in [5.74, 6) is 0.614. The molecule has 0 unspecified atom stereocenters. The lowest BCUT2D eigenvalue weighted by Crippen LogP contribution is -2.50. The number of nitrogens with zero attached hydrogens (tertiary/aromatic N) is 1. The van der Waals surface area contributed by atoms with Crippen molar-refractivity contribution in [1.82, 2.24) is 10.2 Å². The van der Waals surface area contributed by atoms with Gasteiger partial charge in [-0.15, -0.1) is 0 Å². The molecule has 0 heterocycles. The summed E-state index contributed by atoms with van der Waals surface area (Å²) >= 11 is 0. The fraction of sp³-hybridized carbons (Fsp3) is 0.333. The van der Waals surface area contributed by atoms with Crippen molar-refractivity contribution < 1.29 is 14.3 Å². The van der Waals surface area contributed by atoms with Crippen LogP contribution in [0.25, 0.3) is 0 Å². The Balaban J connectivity index is 1.76. The third-order valence-corrected chi connectivity index (χ3v) is 5.88. The van der Waals surface area contributed by atoms with E-state index in [2.05, 4.69) is 11.4 Å². The maximum Gasteiger partial charge on any atom is 0.243 e. The third-order valence-electron chi connectivity index (χ3n) is 5.88. The molecule has 0 fully saturated rings. The summed E-state index contributed by atoms with van der Waals surface area (Å²) < 4.78 is 5.82. The molecule has 3 rings (SSSR count). The van der Waals surface area contributed by atoms with Gasteiger partial charge in [-0.05, 0) is 50.5 Å². The molecular formula is C30H36N2O3. The number of hydrogen-bond donors (Lipinski definition) is 1. The van der Waals surface area contributed by atoms with Gasteiger partial charge in [0.1, 0.15) is 11.8 Å². The summed E-state index contributed by atoms with van der Waals surface area (Å²) in [6.07, 6.45) is 1.34. The predicted octanol–water partition coefficient (Wildman–Crippen LogP) is 5.24. The lowest BCUT2D eigenvalue weighted by atomic mass is 10.0. The number of amides is 2. The molecular weight excluding hydrogens is 436 g/mol. The number of benzene rings is 3. The van der Waals surface area contributed by atoms with Crippen LogP contribution in [0.1, 0.15) is 42.0 Å². The van der Waals surface area contributed by atoms with Crippen LogP contribution in [0.2, 0.25) is 0 Å². The summed E-state index contributed by atoms with van der Waals surface area (Å²) in [7, 11) is 0. The van der Waals surface area contributed by atoms with Crippen molar-refractivity contribution in [2.75, 3.05) is 13.2 Å². The molecule has 0 aliphatic rings. The van der Waals surface area contributed by atoms with Crippen LogP contribution in [0.4, 0.5) is 0 Å². The second kappa shape index (κ2) is 13.3. The second-order valence-electron chi connectivity index (χ2n) is 8.88. The molecule has 0 radical (unpaired) electrons. The van der Waals surface area contributed by atoms with Gasteiger partial charge in [0.25, 0.3) is 0 Å². The minimum absolute atomic E-state index is 0.0498. The molecule has 184 valence electrons. The van der Waals surface area contributed by atoms with Gasteiger partial charge in [-0.3, -0.25) is 9.59 Å². The van der Waals surface area contributed by atoms with Gasteiger partial charge in [0.05, 0.1) is 6.61 Å². The van der Waals surface area contributed by atoms with Crippen LogP contribution in [0.5, 0.6) is 5.75 Å². The monoisotopic (exact) mass is 472 g/mol. The Labute approximate surface area is 209 Å². The zero-order valence-electron chi connectivity index (χ0n) is 21.0. The Bertz CT molecular complexity index is 1080. The highest BCUT2D eigenvalue weighted by atomic mass is 16.5. The van der Waals surface area contributed by atoms with Crippen molar-refractivity contribution in [3.63, 3.8) is 0 Å². The summed E-state index contributed by atoms with van der Waals surface area (Å²) in [4.78, 5) is 28.4. The predicted molar refractivity (Wildman–Crippen MR) is 140 cm³/mol. The molecule has 5 nitrogen and oxygen atoms in total. The van der Waals surface area contributed by atoms with Gasteiger partial charge in [0.2, 0.25) is 11.8 Å². The van der Waals surface area contributed by atoms with E-state index in [4.69, 9.17) is 4.74 Å². The topological polar surface area (TPSA) is 58.6 Å². The molecule has 0 saturated carbocycles. The number of carbonyl (C=O) groups is 2. The molecule has 2 amide bonds. The highest BCUT2D eigenvalue weighted by Gasteiger charge is 2.29. The SMILES string of the molecule is CCNC(=O)[C@@H](Cc1ccccc1)N(Cc1cccc(C)c1)C(=O)CCCOc1ccc(C)cc1. The first kappa shape index (κ1) is 26.0. The summed E-state index contributed by atoms with van der Waals surface area (Å²) in [5.41, 5.74) is 4.33. The van der Waals surface area contributed by atoms with E-state index in [-0.39, 0.29) is 11.8 Å². The molecule has 0 aromatic heterocycles. The number of likely N-dealkylation sites (N-methyl/N-ethyl adjacent to an activating group) is 1. The molecule has 0 aliphatic carbocycles. The number of hydrogen-bond acceptors (Lipinski definition) is 3. The van der Waals surface area contributed by atoms with Gasteiger partial charge >= 0.3 is 0 Å². The van der Waals surface area contributed by atoms with Gasteiger partial charge in [0, 0.05) is 25.9 Å². The zero-order valence-corrected chi connectivity index (χ0v) is 21.0.